The van der Waals surface area contributed by atoms with Crippen LogP contribution in [0.5, 0.6) is 0 Å². The van der Waals surface area contributed by atoms with Crippen molar-refractivity contribution >= 4 is 22.7 Å². The zero-order valence-corrected chi connectivity index (χ0v) is 33.3. The molecule has 8 aromatic carbocycles. The minimum atomic E-state index is -0.676. The number of benzene rings is 8. The lowest BCUT2D eigenvalue weighted by Crippen LogP contribution is -2.34. The molecule has 4 nitrogen and oxygen atoms in total. The first-order valence-electron chi connectivity index (χ1n) is 20.1. The van der Waals surface area contributed by atoms with Crippen LogP contribution in [-0.4, -0.2) is 19.9 Å². The third-order valence-corrected chi connectivity index (χ3v) is 12.6. The predicted octanol–water partition coefficient (Wildman–Crippen LogP) is 13.6. The van der Waals surface area contributed by atoms with E-state index in [2.05, 4.69) is 182 Å². The van der Waals surface area contributed by atoms with E-state index in [1.54, 1.807) is 0 Å². The van der Waals surface area contributed by atoms with E-state index in [4.69, 9.17) is 19.9 Å². The Morgan fingerprint density at radius 1 is 0.350 bits per heavy atom. The number of pyridine rings is 1. The Balaban J connectivity index is 1.15. The van der Waals surface area contributed by atoms with Crippen LogP contribution in [0.1, 0.15) is 22.3 Å². The number of nitrogens with zero attached hydrogens (tertiary/aromatic N) is 4. The second-order valence-electron chi connectivity index (χ2n) is 15.0. The van der Waals surface area contributed by atoms with Crippen LogP contribution < -0.4 is 0 Å². The van der Waals surface area contributed by atoms with Gasteiger partial charge in [0.2, 0.25) is 0 Å². The second kappa shape index (κ2) is 15.0. The normalized spacial score (nSPS) is 12.7. The molecule has 5 heteroatoms. The van der Waals surface area contributed by atoms with Crippen molar-refractivity contribution in [1.29, 1.82) is 0 Å². The number of fused-ring (bicyclic) bond motifs is 3. The third kappa shape index (κ3) is 6.19. The Kier molecular flexibility index (Phi) is 8.94. The minimum Gasteiger partial charge on any atom is -0.256 e. The fraction of sp³-hybridized carbons (Fsp3) is 0.0182. The molecule has 1 aliphatic heterocycles. The lowest BCUT2D eigenvalue weighted by atomic mass is 9.64. The molecule has 10 aromatic rings. The van der Waals surface area contributed by atoms with Crippen molar-refractivity contribution in [3.05, 3.63) is 241 Å². The molecule has 60 heavy (non-hydrogen) atoms. The quantitative estimate of drug-likeness (QED) is 0.161. The fourth-order valence-electron chi connectivity index (χ4n) is 8.72. The highest BCUT2D eigenvalue weighted by atomic mass is 32.2. The van der Waals surface area contributed by atoms with Gasteiger partial charge < -0.3 is 0 Å². The smallest absolute Gasteiger partial charge is 0.164 e. The average molecular weight is 785 g/mol. The van der Waals surface area contributed by atoms with Crippen LogP contribution in [0.3, 0.4) is 0 Å². The number of hydrogen-bond acceptors (Lipinski definition) is 5. The van der Waals surface area contributed by atoms with Gasteiger partial charge in [0.05, 0.1) is 10.9 Å². The molecule has 11 rings (SSSR count). The minimum absolute atomic E-state index is 0.619. The summed E-state index contributed by atoms with van der Waals surface area (Å²) < 4.78 is 0. The Bertz CT molecular complexity index is 3130. The molecule has 0 spiro atoms. The zero-order chi connectivity index (χ0) is 39.9. The van der Waals surface area contributed by atoms with E-state index in [-0.39, 0.29) is 0 Å². The molecule has 0 saturated heterocycles. The molecule has 0 unspecified atom stereocenters. The maximum Gasteiger partial charge on any atom is 0.164 e. The van der Waals surface area contributed by atoms with E-state index in [0.717, 1.165) is 49.8 Å². The van der Waals surface area contributed by atoms with Crippen molar-refractivity contribution in [2.75, 3.05) is 0 Å². The van der Waals surface area contributed by atoms with Crippen LogP contribution in [-0.2, 0) is 5.41 Å². The predicted molar refractivity (Wildman–Crippen MR) is 245 cm³/mol. The summed E-state index contributed by atoms with van der Waals surface area (Å²) in [5.41, 5.74) is 12.3. The summed E-state index contributed by atoms with van der Waals surface area (Å²) in [4.78, 5) is 22.8. The van der Waals surface area contributed by atoms with E-state index in [0.29, 0.717) is 17.5 Å². The topological polar surface area (TPSA) is 51.6 Å². The van der Waals surface area contributed by atoms with E-state index in [1.165, 1.54) is 32.0 Å². The summed E-state index contributed by atoms with van der Waals surface area (Å²) in [6.07, 6.45) is 1.88. The molecule has 0 bridgehead atoms. The Hall–Kier alpha value is -7.47. The molecular weight excluding hydrogens is 749 g/mol. The Morgan fingerprint density at radius 2 is 0.833 bits per heavy atom. The maximum absolute atomic E-state index is 5.27. The van der Waals surface area contributed by atoms with Crippen LogP contribution in [0.15, 0.2) is 228 Å². The van der Waals surface area contributed by atoms with Gasteiger partial charge in [-0.2, -0.15) is 0 Å². The zero-order valence-electron chi connectivity index (χ0n) is 32.5. The van der Waals surface area contributed by atoms with Gasteiger partial charge in [-0.15, -0.1) is 0 Å². The highest BCUT2D eigenvalue weighted by Crippen LogP contribution is 2.57. The number of hydrogen-bond donors (Lipinski definition) is 0. The summed E-state index contributed by atoms with van der Waals surface area (Å²) in [6, 6.07) is 75.2. The number of para-hydroxylation sites is 1. The molecular formula is C55H36N4S. The lowest BCUT2D eigenvalue weighted by Gasteiger charge is -2.42. The van der Waals surface area contributed by atoms with Crippen LogP contribution in [0.25, 0.3) is 67.3 Å². The maximum atomic E-state index is 5.27. The fourth-order valence-corrected chi connectivity index (χ4v) is 9.87. The van der Waals surface area contributed by atoms with Gasteiger partial charge in [-0.1, -0.05) is 188 Å². The Morgan fingerprint density at radius 3 is 1.48 bits per heavy atom. The second-order valence-corrected chi connectivity index (χ2v) is 16.1. The molecule has 282 valence electrons. The van der Waals surface area contributed by atoms with Crippen molar-refractivity contribution in [3.8, 4) is 56.4 Å². The highest BCUT2D eigenvalue weighted by molar-refractivity contribution is 7.99. The molecule has 0 atom stereocenters. The largest absolute Gasteiger partial charge is 0.256 e. The molecule has 0 aliphatic carbocycles. The van der Waals surface area contributed by atoms with Crippen molar-refractivity contribution in [2.45, 2.75) is 15.2 Å². The number of rotatable bonds is 7. The molecule has 0 fully saturated rings. The first kappa shape index (κ1) is 35.7. The molecule has 3 heterocycles. The lowest BCUT2D eigenvalue weighted by molar-refractivity contribution is 0.703. The third-order valence-electron chi connectivity index (χ3n) is 11.5. The first-order chi connectivity index (χ1) is 29.7. The summed E-state index contributed by atoms with van der Waals surface area (Å²) in [6.45, 7) is 0. The monoisotopic (exact) mass is 784 g/mol. The van der Waals surface area contributed by atoms with E-state index in [9.17, 15) is 0 Å². The summed E-state index contributed by atoms with van der Waals surface area (Å²) in [7, 11) is 0. The van der Waals surface area contributed by atoms with Gasteiger partial charge in [-0.05, 0) is 75.3 Å². The standard InChI is InChI=1S/C55H36N4S/c1-5-16-37(17-6-1)40-21-13-22-42(34-40)53-57-52(39-18-7-2-8-19-39)58-54(59-53)43-30-32-50-48(36-43)55(44-24-9-3-10-25-44,45-26-11-4-12-27-45)47-35-41(29-31-49(47)60-50)46-28-14-20-38-23-15-33-56-51(38)46/h1-36H. The van der Waals surface area contributed by atoms with Crippen molar-refractivity contribution in [3.63, 3.8) is 0 Å². The van der Waals surface area contributed by atoms with E-state index < -0.39 is 5.41 Å². The van der Waals surface area contributed by atoms with Crippen LogP contribution in [0.4, 0.5) is 0 Å². The molecule has 0 N–H and O–H groups in total. The average Bonchev–Trinajstić information content (AvgIpc) is 3.34. The summed E-state index contributed by atoms with van der Waals surface area (Å²) in [5, 5.41) is 1.12. The highest BCUT2D eigenvalue weighted by Gasteiger charge is 2.45. The van der Waals surface area contributed by atoms with Gasteiger partial charge >= 0.3 is 0 Å². The van der Waals surface area contributed by atoms with Gasteiger partial charge in [0, 0.05) is 43.6 Å². The molecule has 0 radical (unpaired) electrons. The first-order valence-corrected chi connectivity index (χ1v) is 20.9. The van der Waals surface area contributed by atoms with Crippen LogP contribution in [0, 0.1) is 0 Å². The Labute approximate surface area is 353 Å². The van der Waals surface area contributed by atoms with Crippen molar-refractivity contribution < 1.29 is 0 Å². The SMILES string of the molecule is c1ccc(-c2cccc(-c3nc(-c4ccccc4)nc(-c4ccc5c(c4)C(c4ccccc4)(c4ccccc4)c4cc(-c6cccc7cccnc67)ccc4S5)n3)c2)cc1. The molecule has 0 saturated carbocycles. The molecule has 1 aliphatic rings. The van der Waals surface area contributed by atoms with Gasteiger partial charge in [0.15, 0.2) is 17.5 Å². The van der Waals surface area contributed by atoms with Crippen molar-refractivity contribution in [1.82, 2.24) is 19.9 Å². The molecule has 2 aromatic heterocycles. The summed E-state index contributed by atoms with van der Waals surface area (Å²) in [5.74, 6) is 1.87. The van der Waals surface area contributed by atoms with Crippen molar-refractivity contribution in [2.24, 2.45) is 0 Å². The summed E-state index contributed by atoms with van der Waals surface area (Å²) >= 11 is 1.82. The van der Waals surface area contributed by atoms with Gasteiger partial charge in [-0.3, -0.25) is 4.98 Å². The van der Waals surface area contributed by atoms with Gasteiger partial charge in [0.25, 0.3) is 0 Å². The van der Waals surface area contributed by atoms with E-state index >= 15 is 0 Å². The number of aromatic nitrogens is 4. The van der Waals surface area contributed by atoms with Crippen LogP contribution >= 0.6 is 11.8 Å². The van der Waals surface area contributed by atoms with E-state index in [1.807, 2.05) is 48.3 Å². The van der Waals surface area contributed by atoms with Gasteiger partial charge in [-0.25, -0.2) is 15.0 Å². The van der Waals surface area contributed by atoms with Crippen LogP contribution in [0.2, 0.25) is 0 Å². The van der Waals surface area contributed by atoms with Gasteiger partial charge in [0.1, 0.15) is 0 Å². The molecule has 0 amide bonds.